The van der Waals surface area contributed by atoms with Crippen LogP contribution in [0.5, 0.6) is 0 Å². The molecule has 0 aromatic carbocycles. The van der Waals surface area contributed by atoms with Crippen molar-refractivity contribution in [3.63, 3.8) is 0 Å². The Morgan fingerprint density at radius 3 is 1.70 bits per heavy atom. The summed E-state index contributed by atoms with van der Waals surface area (Å²) in [4.78, 5) is 4.64. The van der Waals surface area contributed by atoms with Gasteiger partial charge < -0.3 is 14.4 Å². The van der Waals surface area contributed by atoms with Crippen LogP contribution in [0.4, 0.5) is 0 Å². The minimum Gasteiger partial charge on any atom is -0.378 e. The highest BCUT2D eigenvalue weighted by atomic mass is 16.5. The average molecular weight is 290 g/mol. The first-order chi connectivity index (χ1) is 9.61. The van der Waals surface area contributed by atoms with E-state index in [2.05, 4.69) is 44.5 Å². The van der Waals surface area contributed by atoms with Crippen LogP contribution in [0.25, 0.3) is 0 Å². The maximum atomic E-state index is 5.57. The van der Waals surface area contributed by atoms with E-state index < -0.39 is 0 Å². The Kier molecular flexibility index (Phi) is 18.7. The SMILES string of the molecule is CC.CCN(C)CCOCCOCCN(CC)C(C)C. The minimum absolute atomic E-state index is 0.597. The van der Waals surface area contributed by atoms with Gasteiger partial charge in [-0.1, -0.05) is 27.7 Å². The van der Waals surface area contributed by atoms with Gasteiger partial charge in [-0.25, -0.2) is 0 Å². The molecule has 0 radical (unpaired) electrons. The number of ether oxygens (including phenoxy) is 2. The summed E-state index contributed by atoms with van der Waals surface area (Å²) in [5, 5.41) is 0. The fourth-order valence-electron chi connectivity index (χ4n) is 1.66. The predicted octanol–water partition coefficient (Wildman–Crippen LogP) is 2.73. The van der Waals surface area contributed by atoms with Gasteiger partial charge >= 0.3 is 0 Å². The molecule has 0 aromatic heterocycles. The van der Waals surface area contributed by atoms with Crippen molar-refractivity contribution in [2.45, 2.75) is 47.6 Å². The third kappa shape index (κ3) is 14.3. The Morgan fingerprint density at radius 1 is 0.800 bits per heavy atom. The molecule has 0 aromatic rings. The molecule has 20 heavy (non-hydrogen) atoms. The van der Waals surface area contributed by atoms with E-state index in [4.69, 9.17) is 9.47 Å². The Bertz CT molecular complexity index is 178. The molecule has 0 N–H and O–H groups in total. The molecule has 0 aliphatic rings. The van der Waals surface area contributed by atoms with Crippen LogP contribution in [0, 0.1) is 0 Å². The van der Waals surface area contributed by atoms with Crippen LogP contribution in [0.2, 0.25) is 0 Å². The molecule has 0 aliphatic carbocycles. The highest BCUT2D eigenvalue weighted by Crippen LogP contribution is 1.96. The molecule has 4 heteroatoms. The van der Waals surface area contributed by atoms with Crippen LogP contribution >= 0.6 is 0 Å². The summed E-state index contributed by atoms with van der Waals surface area (Å²) in [6.07, 6.45) is 0. The van der Waals surface area contributed by atoms with E-state index in [0.717, 1.165) is 39.4 Å². The van der Waals surface area contributed by atoms with E-state index in [9.17, 15) is 0 Å². The van der Waals surface area contributed by atoms with Gasteiger partial charge in [0.15, 0.2) is 0 Å². The van der Waals surface area contributed by atoms with Crippen molar-refractivity contribution < 1.29 is 9.47 Å². The molecule has 0 bridgehead atoms. The molecule has 4 nitrogen and oxygen atoms in total. The third-order valence-corrected chi connectivity index (χ3v) is 3.19. The normalized spacial score (nSPS) is 11.1. The molecule has 0 rings (SSSR count). The predicted molar refractivity (Wildman–Crippen MR) is 88.5 cm³/mol. The average Bonchev–Trinajstić information content (AvgIpc) is 2.47. The Labute approximate surface area is 127 Å². The molecule has 124 valence electrons. The lowest BCUT2D eigenvalue weighted by Gasteiger charge is -2.24. The molecule has 0 saturated carbocycles. The molecular formula is C16H38N2O2. The molecule has 0 amide bonds. The lowest BCUT2D eigenvalue weighted by molar-refractivity contribution is 0.0311. The van der Waals surface area contributed by atoms with Gasteiger partial charge in [-0.05, 0) is 34.0 Å². The van der Waals surface area contributed by atoms with Gasteiger partial charge in [-0.15, -0.1) is 0 Å². The highest BCUT2D eigenvalue weighted by Gasteiger charge is 2.05. The summed E-state index contributed by atoms with van der Waals surface area (Å²) >= 11 is 0. The quantitative estimate of drug-likeness (QED) is 0.516. The summed E-state index contributed by atoms with van der Waals surface area (Å²) in [5.74, 6) is 0. The molecule has 0 fully saturated rings. The van der Waals surface area contributed by atoms with Gasteiger partial charge in [0, 0.05) is 19.1 Å². The fourth-order valence-corrected chi connectivity index (χ4v) is 1.66. The second-order valence-corrected chi connectivity index (χ2v) is 4.84. The zero-order chi connectivity index (χ0) is 15.8. The summed E-state index contributed by atoms with van der Waals surface area (Å²) < 4.78 is 11.1. The van der Waals surface area contributed by atoms with Gasteiger partial charge in [0.2, 0.25) is 0 Å². The number of rotatable bonds is 12. The minimum atomic E-state index is 0.597. The number of hydrogen-bond acceptors (Lipinski definition) is 4. The second kappa shape index (κ2) is 16.9. The zero-order valence-corrected chi connectivity index (χ0v) is 14.9. The van der Waals surface area contributed by atoms with Gasteiger partial charge in [-0.2, -0.15) is 0 Å². The topological polar surface area (TPSA) is 24.9 Å². The number of nitrogens with zero attached hydrogens (tertiary/aromatic N) is 2. The molecular weight excluding hydrogens is 252 g/mol. The van der Waals surface area contributed by atoms with Crippen molar-refractivity contribution in [3.05, 3.63) is 0 Å². The summed E-state index contributed by atoms with van der Waals surface area (Å²) in [6.45, 7) is 19.9. The largest absolute Gasteiger partial charge is 0.378 e. The summed E-state index contributed by atoms with van der Waals surface area (Å²) in [5.41, 5.74) is 0. The van der Waals surface area contributed by atoms with Crippen LogP contribution in [-0.4, -0.2) is 75.5 Å². The second-order valence-electron chi connectivity index (χ2n) is 4.84. The van der Waals surface area contributed by atoms with E-state index in [1.54, 1.807) is 0 Å². The summed E-state index contributed by atoms with van der Waals surface area (Å²) in [6, 6.07) is 0.597. The fraction of sp³-hybridized carbons (Fsp3) is 1.00. The van der Waals surface area contributed by atoms with Gasteiger partial charge in [-0.3, -0.25) is 4.90 Å². The van der Waals surface area contributed by atoms with Crippen LogP contribution in [-0.2, 0) is 9.47 Å². The van der Waals surface area contributed by atoms with E-state index >= 15 is 0 Å². The lowest BCUT2D eigenvalue weighted by Crippen LogP contribution is -2.33. The summed E-state index contributed by atoms with van der Waals surface area (Å²) in [7, 11) is 2.10. The monoisotopic (exact) mass is 290 g/mol. The van der Waals surface area contributed by atoms with E-state index in [-0.39, 0.29) is 0 Å². The van der Waals surface area contributed by atoms with Crippen molar-refractivity contribution >= 4 is 0 Å². The van der Waals surface area contributed by atoms with E-state index in [0.29, 0.717) is 19.3 Å². The van der Waals surface area contributed by atoms with E-state index in [1.165, 1.54) is 0 Å². The van der Waals surface area contributed by atoms with Crippen LogP contribution < -0.4 is 0 Å². The number of likely N-dealkylation sites (N-methyl/N-ethyl adjacent to an activating group) is 2. The maximum absolute atomic E-state index is 5.57. The van der Waals surface area contributed by atoms with Crippen LogP contribution in [0.1, 0.15) is 41.5 Å². The van der Waals surface area contributed by atoms with Crippen molar-refractivity contribution in [2.75, 3.05) is 59.7 Å². The van der Waals surface area contributed by atoms with Crippen molar-refractivity contribution in [2.24, 2.45) is 0 Å². The first-order valence-corrected chi connectivity index (χ1v) is 8.19. The van der Waals surface area contributed by atoms with Gasteiger partial charge in [0.1, 0.15) is 0 Å². The highest BCUT2D eigenvalue weighted by molar-refractivity contribution is 4.59. The first kappa shape index (κ1) is 22.1. The molecule has 0 spiro atoms. The molecule has 0 unspecified atom stereocenters. The van der Waals surface area contributed by atoms with Crippen LogP contribution in [0.3, 0.4) is 0 Å². The Balaban J connectivity index is 0. The molecule has 0 saturated heterocycles. The Hall–Kier alpha value is -0.160. The first-order valence-electron chi connectivity index (χ1n) is 8.19. The van der Waals surface area contributed by atoms with Gasteiger partial charge in [0.05, 0.1) is 26.4 Å². The molecule has 0 atom stereocenters. The molecule has 0 heterocycles. The molecule has 0 aliphatic heterocycles. The van der Waals surface area contributed by atoms with Crippen molar-refractivity contribution in [3.8, 4) is 0 Å². The third-order valence-electron chi connectivity index (χ3n) is 3.19. The smallest absolute Gasteiger partial charge is 0.0701 e. The number of hydrogen-bond donors (Lipinski definition) is 0. The Morgan fingerprint density at radius 2 is 1.30 bits per heavy atom. The maximum Gasteiger partial charge on any atom is 0.0701 e. The van der Waals surface area contributed by atoms with Crippen molar-refractivity contribution in [1.82, 2.24) is 9.80 Å². The van der Waals surface area contributed by atoms with Crippen LogP contribution in [0.15, 0.2) is 0 Å². The van der Waals surface area contributed by atoms with Crippen molar-refractivity contribution in [1.29, 1.82) is 0 Å². The standard InChI is InChI=1S/C14H32N2O2.C2H6/c1-6-15(5)8-10-17-12-13-18-11-9-16(7-2)14(3)4;1-2/h14H,6-13H2,1-5H3;1-2H3. The van der Waals surface area contributed by atoms with E-state index in [1.807, 2.05) is 13.8 Å². The lowest BCUT2D eigenvalue weighted by atomic mass is 10.3. The zero-order valence-electron chi connectivity index (χ0n) is 14.9. The van der Waals surface area contributed by atoms with Gasteiger partial charge in [0.25, 0.3) is 0 Å².